The van der Waals surface area contributed by atoms with E-state index in [1.165, 1.54) is 6.42 Å². The van der Waals surface area contributed by atoms with Crippen molar-refractivity contribution in [1.29, 1.82) is 0 Å². The number of rotatable bonds is 4. The van der Waals surface area contributed by atoms with E-state index in [1.54, 1.807) is 5.57 Å². The van der Waals surface area contributed by atoms with E-state index >= 15 is 0 Å². The Morgan fingerprint density at radius 2 is 2.10 bits per heavy atom. The topological polar surface area (TPSA) is 40.5 Å². The zero-order valence-corrected chi connectivity index (χ0v) is 13.7. The third kappa shape index (κ3) is 3.46. The van der Waals surface area contributed by atoms with Crippen molar-refractivity contribution in [2.24, 2.45) is 17.3 Å². The highest BCUT2D eigenvalue weighted by molar-refractivity contribution is 5.22. The fourth-order valence-electron chi connectivity index (χ4n) is 4.61. The second-order valence-corrected chi connectivity index (χ2v) is 8.11. The summed E-state index contributed by atoms with van der Waals surface area (Å²) in [6.45, 7) is 8.36. The van der Waals surface area contributed by atoms with Gasteiger partial charge in [-0.15, -0.1) is 0 Å². The molecule has 0 aromatic rings. The molecule has 2 rings (SSSR count). The van der Waals surface area contributed by atoms with E-state index in [0.717, 1.165) is 38.5 Å². The first-order valence-electron chi connectivity index (χ1n) is 8.32. The number of fused-ring (bicyclic) bond motifs is 1. The highest BCUT2D eigenvalue weighted by Gasteiger charge is 2.47. The van der Waals surface area contributed by atoms with Crippen molar-refractivity contribution >= 4 is 0 Å². The maximum absolute atomic E-state index is 10.2. The van der Waals surface area contributed by atoms with Gasteiger partial charge in [0.05, 0.1) is 11.7 Å². The minimum atomic E-state index is -0.568. The zero-order chi connectivity index (χ0) is 15.0. The van der Waals surface area contributed by atoms with Gasteiger partial charge < -0.3 is 10.2 Å². The molecule has 0 aromatic heterocycles. The minimum Gasteiger partial charge on any atom is -0.393 e. The van der Waals surface area contributed by atoms with Crippen molar-refractivity contribution in [3.8, 4) is 0 Å². The summed E-state index contributed by atoms with van der Waals surface area (Å²) in [6.07, 6.45) is 9.93. The summed E-state index contributed by atoms with van der Waals surface area (Å²) in [5, 5.41) is 20.1. The molecule has 20 heavy (non-hydrogen) atoms. The molecule has 116 valence electrons. The average Bonchev–Trinajstić information content (AvgIpc) is 2.62. The smallest absolute Gasteiger partial charge is 0.0594 e. The van der Waals surface area contributed by atoms with E-state index in [9.17, 15) is 10.2 Å². The first-order chi connectivity index (χ1) is 9.22. The van der Waals surface area contributed by atoms with Gasteiger partial charge in [0.15, 0.2) is 0 Å². The minimum absolute atomic E-state index is 0.0894. The lowest BCUT2D eigenvalue weighted by atomic mass is 9.66. The molecule has 0 amide bonds. The fraction of sp³-hybridized carbons (Fsp3) is 0.889. The Balaban J connectivity index is 2.00. The monoisotopic (exact) mass is 280 g/mol. The molecule has 2 fully saturated rings. The van der Waals surface area contributed by atoms with Crippen LogP contribution in [0.5, 0.6) is 0 Å². The van der Waals surface area contributed by atoms with E-state index in [4.69, 9.17) is 0 Å². The van der Waals surface area contributed by atoms with Gasteiger partial charge in [-0.05, 0) is 76.0 Å². The number of allylic oxidation sites excluding steroid dienone is 2. The number of hydrogen-bond acceptors (Lipinski definition) is 2. The summed E-state index contributed by atoms with van der Waals surface area (Å²) in [6, 6.07) is 0. The summed E-state index contributed by atoms with van der Waals surface area (Å²) < 4.78 is 0. The fourth-order valence-corrected chi connectivity index (χ4v) is 4.61. The van der Waals surface area contributed by atoms with Crippen LogP contribution in [0.2, 0.25) is 0 Å². The molecule has 0 bridgehead atoms. The maximum atomic E-state index is 10.2. The zero-order valence-electron chi connectivity index (χ0n) is 13.7. The van der Waals surface area contributed by atoms with Crippen LogP contribution in [0, 0.1) is 17.3 Å². The standard InChI is InChI=1S/C18H32O2/c1-13(12-17(2,3)20)7-8-14-9-10-15-16(19)6-5-11-18(14,15)4/h8,13,15-16,19-20H,5-7,9-12H2,1-4H3/b14-8-/t13?,15-,16?,18+/m0/s1. The van der Waals surface area contributed by atoms with Crippen LogP contribution in [0.1, 0.15) is 72.6 Å². The molecular formula is C18H32O2. The van der Waals surface area contributed by atoms with Gasteiger partial charge in [0.2, 0.25) is 0 Å². The first-order valence-corrected chi connectivity index (χ1v) is 8.32. The molecule has 2 aliphatic rings. The molecule has 0 heterocycles. The summed E-state index contributed by atoms with van der Waals surface area (Å²) in [5.41, 5.74) is 1.25. The Labute approximate surface area is 124 Å². The van der Waals surface area contributed by atoms with Gasteiger partial charge in [-0.3, -0.25) is 0 Å². The molecular weight excluding hydrogens is 248 g/mol. The molecule has 0 spiro atoms. The quantitative estimate of drug-likeness (QED) is 0.762. The van der Waals surface area contributed by atoms with Crippen LogP contribution in [-0.4, -0.2) is 21.9 Å². The predicted octanol–water partition coefficient (Wildman–Crippen LogP) is 4.06. The maximum Gasteiger partial charge on any atom is 0.0594 e. The van der Waals surface area contributed by atoms with Crippen molar-refractivity contribution < 1.29 is 10.2 Å². The number of aliphatic hydroxyl groups is 2. The number of hydrogen-bond donors (Lipinski definition) is 2. The predicted molar refractivity (Wildman–Crippen MR) is 83.5 cm³/mol. The lowest BCUT2D eigenvalue weighted by Crippen LogP contribution is -2.37. The average molecular weight is 280 g/mol. The second kappa shape index (κ2) is 5.81. The highest BCUT2D eigenvalue weighted by atomic mass is 16.3. The summed E-state index contributed by atoms with van der Waals surface area (Å²) in [7, 11) is 0. The van der Waals surface area contributed by atoms with Crippen molar-refractivity contribution in [1.82, 2.24) is 0 Å². The van der Waals surface area contributed by atoms with E-state index in [-0.39, 0.29) is 11.5 Å². The number of aliphatic hydroxyl groups excluding tert-OH is 1. The molecule has 2 saturated carbocycles. The molecule has 0 saturated heterocycles. The Morgan fingerprint density at radius 3 is 2.75 bits per heavy atom. The Morgan fingerprint density at radius 1 is 1.40 bits per heavy atom. The van der Waals surface area contributed by atoms with Gasteiger partial charge in [0.1, 0.15) is 0 Å². The van der Waals surface area contributed by atoms with Gasteiger partial charge in [-0.25, -0.2) is 0 Å². The van der Waals surface area contributed by atoms with Crippen molar-refractivity contribution in [3.05, 3.63) is 11.6 Å². The summed E-state index contributed by atoms with van der Waals surface area (Å²) in [5.74, 6) is 0.991. The summed E-state index contributed by atoms with van der Waals surface area (Å²) in [4.78, 5) is 0. The molecule has 2 N–H and O–H groups in total. The molecule has 2 aliphatic carbocycles. The van der Waals surface area contributed by atoms with Gasteiger partial charge >= 0.3 is 0 Å². The van der Waals surface area contributed by atoms with E-state index in [1.807, 2.05) is 13.8 Å². The van der Waals surface area contributed by atoms with Crippen LogP contribution in [0.15, 0.2) is 11.6 Å². The van der Waals surface area contributed by atoms with Crippen LogP contribution in [0.3, 0.4) is 0 Å². The lowest BCUT2D eigenvalue weighted by Gasteiger charge is -2.40. The Hall–Kier alpha value is -0.340. The van der Waals surface area contributed by atoms with Crippen molar-refractivity contribution in [2.45, 2.75) is 84.3 Å². The van der Waals surface area contributed by atoms with Crippen LogP contribution in [0.4, 0.5) is 0 Å². The van der Waals surface area contributed by atoms with Crippen molar-refractivity contribution in [2.75, 3.05) is 0 Å². The molecule has 0 radical (unpaired) electrons. The van der Waals surface area contributed by atoms with E-state index in [2.05, 4.69) is 19.9 Å². The SMILES string of the molecule is CC(C/C=C1/CC[C@H]2C(O)CCC[C@]12C)CC(C)(C)O. The normalized spacial score (nSPS) is 38.0. The molecule has 2 nitrogen and oxygen atoms in total. The molecule has 4 atom stereocenters. The lowest BCUT2D eigenvalue weighted by molar-refractivity contribution is 0.0147. The Kier molecular flexibility index (Phi) is 4.66. The summed E-state index contributed by atoms with van der Waals surface area (Å²) >= 11 is 0. The third-order valence-electron chi connectivity index (χ3n) is 5.55. The molecule has 0 aliphatic heterocycles. The highest BCUT2D eigenvalue weighted by Crippen LogP contribution is 2.55. The van der Waals surface area contributed by atoms with Crippen molar-refractivity contribution in [3.63, 3.8) is 0 Å². The van der Waals surface area contributed by atoms with Crippen LogP contribution in [0.25, 0.3) is 0 Å². The van der Waals surface area contributed by atoms with Crippen LogP contribution < -0.4 is 0 Å². The van der Waals surface area contributed by atoms with E-state index < -0.39 is 5.60 Å². The van der Waals surface area contributed by atoms with Crippen LogP contribution >= 0.6 is 0 Å². The van der Waals surface area contributed by atoms with Gasteiger partial charge in [-0.2, -0.15) is 0 Å². The van der Waals surface area contributed by atoms with Gasteiger partial charge in [-0.1, -0.05) is 25.5 Å². The van der Waals surface area contributed by atoms with E-state index in [0.29, 0.717) is 11.8 Å². The molecule has 2 unspecified atom stereocenters. The third-order valence-corrected chi connectivity index (χ3v) is 5.55. The van der Waals surface area contributed by atoms with Crippen LogP contribution in [-0.2, 0) is 0 Å². The van der Waals surface area contributed by atoms with Gasteiger partial charge in [0.25, 0.3) is 0 Å². The van der Waals surface area contributed by atoms with Gasteiger partial charge in [0, 0.05) is 0 Å². The molecule has 2 heteroatoms. The Bertz CT molecular complexity index is 366. The second-order valence-electron chi connectivity index (χ2n) is 8.11. The molecule has 0 aromatic carbocycles. The first kappa shape index (κ1) is 16.0. The largest absolute Gasteiger partial charge is 0.393 e.